The van der Waals surface area contributed by atoms with Gasteiger partial charge in [-0.25, -0.2) is 0 Å². The molecule has 0 aliphatic heterocycles. The summed E-state index contributed by atoms with van der Waals surface area (Å²) >= 11 is 1.94. The van der Waals surface area contributed by atoms with Crippen LogP contribution in [0.5, 0.6) is 0 Å². The van der Waals surface area contributed by atoms with Crippen molar-refractivity contribution in [1.29, 1.82) is 0 Å². The molecule has 108 valence electrons. The lowest BCUT2D eigenvalue weighted by molar-refractivity contribution is 0.313. The lowest BCUT2D eigenvalue weighted by Crippen LogP contribution is -2.36. The zero-order valence-corrected chi connectivity index (χ0v) is 13.7. The number of nitrogens with one attached hydrogen (secondary N) is 1. The second-order valence-electron chi connectivity index (χ2n) is 6.87. The van der Waals surface area contributed by atoms with Crippen molar-refractivity contribution in [3.63, 3.8) is 0 Å². The second kappa shape index (κ2) is 6.90. The summed E-state index contributed by atoms with van der Waals surface area (Å²) in [5.74, 6) is 1.56. The number of rotatable bonds is 6. The number of hydrogen-bond donors (Lipinski definition) is 1. The van der Waals surface area contributed by atoms with Crippen molar-refractivity contribution < 1.29 is 0 Å². The van der Waals surface area contributed by atoms with Crippen molar-refractivity contribution in [1.82, 2.24) is 5.32 Å². The van der Waals surface area contributed by atoms with E-state index in [0.29, 0.717) is 12.1 Å². The van der Waals surface area contributed by atoms with Crippen molar-refractivity contribution in [2.45, 2.75) is 71.9 Å². The van der Waals surface area contributed by atoms with Crippen molar-refractivity contribution in [3.05, 3.63) is 21.9 Å². The molecule has 0 fully saturated rings. The van der Waals surface area contributed by atoms with Crippen molar-refractivity contribution in [2.24, 2.45) is 11.8 Å². The van der Waals surface area contributed by atoms with Gasteiger partial charge in [-0.15, -0.1) is 11.3 Å². The third-order valence-corrected chi connectivity index (χ3v) is 5.00. The molecule has 0 aromatic carbocycles. The largest absolute Gasteiger partial charge is 0.307 e. The molecule has 1 unspecified atom stereocenters. The maximum Gasteiger partial charge on any atom is 0.0333 e. The molecule has 0 bridgehead atoms. The van der Waals surface area contributed by atoms with Gasteiger partial charge in [0.15, 0.2) is 0 Å². The van der Waals surface area contributed by atoms with Gasteiger partial charge in [0.1, 0.15) is 0 Å². The van der Waals surface area contributed by atoms with Gasteiger partial charge in [-0.05, 0) is 60.9 Å². The Hall–Kier alpha value is -0.340. The summed E-state index contributed by atoms with van der Waals surface area (Å²) in [6.45, 7) is 9.36. The third kappa shape index (κ3) is 4.32. The van der Waals surface area contributed by atoms with Gasteiger partial charge in [0.05, 0.1) is 0 Å². The topological polar surface area (TPSA) is 12.0 Å². The van der Waals surface area contributed by atoms with E-state index >= 15 is 0 Å². The third-order valence-electron chi connectivity index (χ3n) is 4.00. The number of thiophene rings is 1. The molecule has 0 spiro atoms. The summed E-state index contributed by atoms with van der Waals surface area (Å²) in [7, 11) is 0. The normalized spacial score (nSPS) is 19.4. The summed E-state index contributed by atoms with van der Waals surface area (Å²) in [5.41, 5.74) is 1.59. The average Bonchev–Trinajstić information content (AvgIpc) is 2.76. The minimum atomic E-state index is 0.609. The SMILES string of the molecule is CC(C)CC(CC(C)C)NC1CCCc2sccc21. The monoisotopic (exact) mass is 279 g/mol. The molecule has 0 saturated heterocycles. The van der Waals surface area contributed by atoms with Crippen LogP contribution in [0.15, 0.2) is 11.4 Å². The summed E-state index contributed by atoms with van der Waals surface area (Å²) in [6.07, 6.45) is 6.56. The molecule has 0 radical (unpaired) electrons. The van der Waals surface area contributed by atoms with Gasteiger partial charge in [0.2, 0.25) is 0 Å². The van der Waals surface area contributed by atoms with E-state index < -0.39 is 0 Å². The molecule has 2 rings (SSSR count). The lowest BCUT2D eigenvalue weighted by Gasteiger charge is -2.31. The first-order chi connectivity index (χ1) is 9.06. The van der Waals surface area contributed by atoms with Gasteiger partial charge in [0, 0.05) is 17.0 Å². The predicted octanol–water partition coefficient (Wildman–Crippen LogP) is 5.18. The van der Waals surface area contributed by atoms with E-state index in [1.54, 1.807) is 10.4 Å². The first-order valence-corrected chi connectivity index (χ1v) is 8.76. The van der Waals surface area contributed by atoms with Gasteiger partial charge in [-0.3, -0.25) is 0 Å². The summed E-state index contributed by atoms with van der Waals surface area (Å²) in [6, 6.07) is 3.63. The maximum atomic E-state index is 3.97. The van der Waals surface area contributed by atoms with E-state index in [-0.39, 0.29) is 0 Å². The molecule has 19 heavy (non-hydrogen) atoms. The van der Waals surface area contributed by atoms with Gasteiger partial charge < -0.3 is 5.32 Å². The molecule has 1 atom stereocenters. The molecule has 0 saturated carbocycles. The molecule has 1 N–H and O–H groups in total. The van der Waals surface area contributed by atoms with Crippen LogP contribution in [0.3, 0.4) is 0 Å². The molecule has 1 aromatic rings. The summed E-state index contributed by atoms with van der Waals surface area (Å²) in [4.78, 5) is 1.62. The van der Waals surface area contributed by atoms with Crippen LogP contribution in [0.2, 0.25) is 0 Å². The Morgan fingerprint density at radius 1 is 1.21 bits per heavy atom. The van der Waals surface area contributed by atoms with E-state index in [2.05, 4.69) is 44.5 Å². The van der Waals surface area contributed by atoms with Gasteiger partial charge in [-0.2, -0.15) is 0 Å². The van der Waals surface area contributed by atoms with Crippen LogP contribution in [0.25, 0.3) is 0 Å². The smallest absolute Gasteiger partial charge is 0.0333 e. The molecule has 2 heteroatoms. The molecule has 1 nitrogen and oxygen atoms in total. The lowest BCUT2D eigenvalue weighted by atomic mass is 9.90. The Morgan fingerprint density at radius 3 is 2.53 bits per heavy atom. The van der Waals surface area contributed by atoms with Gasteiger partial charge in [-0.1, -0.05) is 27.7 Å². The number of hydrogen-bond acceptors (Lipinski definition) is 2. The Morgan fingerprint density at radius 2 is 1.89 bits per heavy atom. The van der Waals surface area contributed by atoms with E-state index in [0.717, 1.165) is 11.8 Å². The van der Waals surface area contributed by atoms with E-state index in [4.69, 9.17) is 0 Å². The molecular formula is C17H29NS. The number of fused-ring (bicyclic) bond motifs is 1. The highest BCUT2D eigenvalue weighted by molar-refractivity contribution is 7.10. The summed E-state index contributed by atoms with van der Waals surface area (Å²) < 4.78 is 0. The van der Waals surface area contributed by atoms with Crippen LogP contribution in [-0.4, -0.2) is 6.04 Å². The van der Waals surface area contributed by atoms with Crippen LogP contribution in [0.1, 0.15) is 69.9 Å². The van der Waals surface area contributed by atoms with Gasteiger partial charge in [0.25, 0.3) is 0 Å². The van der Waals surface area contributed by atoms with Crippen LogP contribution < -0.4 is 5.32 Å². The van der Waals surface area contributed by atoms with Gasteiger partial charge >= 0.3 is 0 Å². The van der Waals surface area contributed by atoms with Crippen LogP contribution in [0.4, 0.5) is 0 Å². The summed E-state index contributed by atoms with van der Waals surface area (Å²) in [5, 5.41) is 6.24. The standard InChI is InChI=1S/C17H29NS/c1-12(2)10-14(11-13(3)4)18-16-6-5-7-17-15(16)8-9-19-17/h8-9,12-14,16,18H,5-7,10-11H2,1-4H3. The Labute approximate surface area is 122 Å². The molecule has 1 aliphatic rings. The minimum absolute atomic E-state index is 0.609. The van der Waals surface area contributed by atoms with Crippen molar-refractivity contribution in [3.8, 4) is 0 Å². The molecule has 1 heterocycles. The highest BCUT2D eigenvalue weighted by Gasteiger charge is 2.24. The average molecular weight is 279 g/mol. The minimum Gasteiger partial charge on any atom is -0.307 e. The van der Waals surface area contributed by atoms with Crippen LogP contribution in [0, 0.1) is 11.8 Å². The molecule has 1 aliphatic carbocycles. The quantitative estimate of drug-likeness (QED) is 0.757. The maximum absolute atomic E-state index is 3.97. The van der Waals surface area contributed by atoms with E-state index in [9.17, 15) is 0 Å². The Kier molecular flexibility index (Phi) is 5.47. The van der Waals surface area contributed by atoms with Crippen molar-refractivity contribution >= 4 is 11.3 Å². The van der Waals surface area contributed by atoms with E-state index in [1.807, 2.05) is 11.3 Å². The number of aryl methyl sites for hydroxylation is 1. The fourth-order valence-electron chi connectivity index (χ4n) is 3.31. The molecule has 0 amide bonds. The first kappa shape index (κ1) is 15.1. The van der Waals surface area contributed by atoms with Crippen molar-refractivity contribution in [2.75, 3.05) is 0 Å². The second-order valence-corrected chi connectivity index (χ2v) is 7.87. The fraction of sp³-hybridized carbons (Fsp3) is 0.765. The van der Waals surface area contributed by atoms with Crippen LogP contribution in [-0.2, 0) is 6.42 Å². The molecular weight excluding hydrogens is 250 g/mol. The highest BCUT2D eigenvalue weighted by atomic mass is 32.1. The Balaban J connectivity index is 2.01. The zero-order valence-electron chi connectivity index (χ0n) is 12.9. The highest BCUT2D eigenvalue weighted by Crippen LogP contribution is 2.34. The van der Waals surface area contributed by atoms with Crippen LogP contribution >= 0.6 is 11.3 Å². The Bertz CT molecular complexity index is 370. The predicted molar refractivity (Wildman–Crippen MR) is 85.8 cm³/mol. The van der Waals surface area contributed by atoms with E-state index in [1.165, 1.54) is 32.1 Å². The zero-order chi connectivity index (χ0) is 13.8. The fourth-order valence-corrected chi connectivity index (χ4v) is 4.30. The molecule has 1 aromatic heterocycles. The first-order valence-electron chi connectivity index (χ1n) is 7.88.